The molecule has 1 aromatic carbocycles. The van der Waals surface area contributed by atoms with Gasteiger partial charge in [-0.1, -0.05) is 26.0 Å². The third-order valence-electron chi connectivity index (χ3n) is 3.86. The molecule has 2 rings (SSSR count). The van der Waals surface area contributed by atoms with E-state index in [9.17, 15) is 9.50 Å². The Morgan fingerprint density at radius 3 is 2.44 bits per heavy atom. The molecule has 18 heavy (non-hydrogen) atoms. The van der Waals surface area contributed by atoms with Crippen LogP contribution >= 0.6 is 0 Å². The largest absolute Gasteiger partial charge is 0.392 e. The van der Waals surface area contributed by atoms with E-state index in [4.69, 9.17) is 0 Å². The smallest absolute Gasteiger partial charge is 0.123 e. The van der Waals surface area contributed by atoms with Gasteiger partial charge in [-0.25, -0.2) is 4.39 Å². The van der Waals surface area contributed by atoms with Crippen molar-refractivity contribution in [1.29, 1.82) is 0 Å². The van der Waals surface area contributed by atoms with Crippen LogP contribution in [0.4, 0.5) is 4.39 Å². The summed E-state index contributed by atoms with van der Waals surface area (Å²) in [6.45, 7) is 4.71. The second-order valence-corrected chi connectivity index (χ2v) is 5.64. The molecule has 0 saturated heterocycles. The van der Waals surface area contributed by atoms with Crippen molar-refractivity contribution in [1.82, 2.24) is 5.32 Å². The number of aliphatic hydroxyl groups excluding tert-OH is 1. The van der Waals surface area contributed by atoms with Gasteiger partial charge in [-0.15, -0.1) is 0 Å². The molecule has 0 bridgehead atoms. The van der Waals surface area contributed by atoms with Crippen LogP contribution in [0.15, 0.2) is 24.3 Å². The highest BCUT2D eigenvalue weighted by Crippen LogP contribution is 2.36. The maximum Gasteiger partial charge on any atom is 0.123 e. The molecule has 3 heteroatoms. The van der Waals surface area contributed by atoms with Crippen LogP contribution in [0.2, 0.25) is 0 Å². The van der Waals surface area contributed by atoms with E-state index < -0.39 is 0 Å². The number of aliphatic hydroxyl groups is 1. The monoisotopic (exact) mass is 251 g/mol. The average molecular weight is 251 g/mol. The Morgan fingerprint density at radius 2 is 1.89 bits per heavy atom. The molecule has 1 unspecified atom stereocenters. The molecule has 0 spiro atoms. The van der Waals surface area contributed by atoms with Crippen LogP contribution in [0.5, 0.6) is 0 Å². The van der Waals surface area contributed by atoms with Gasteiger partial charge in [-0.3, -0.25) is 0 Å². The topological polar surface area (TPSA) is 32.3 Å². The predicted molar refractivity (Wildman–Crippen MR) is 71.0 cm³/mol. The van der Waals surface area contributed by atoms with Gasteiger partial charge < -0.3 is 10.4 Å². The first-order valence-corrected chi connectivity index (χ1v) is 6.73. The van der Waals surface area contributed by atoms with Gasteiger partial charge in [-0.2, -0.15) is 0 Å². The Kier molecular flexibility index (Phi) is 4.36. The van der Waals surface area contributed by atoms with Crippen molar-refractivity contribution in [3.63, 3.8) is 0 Å². The first kappa shape index (κ1) is 13.5. The summed E-state index contributed by atoms with van der Waals surface area (Å²) in [7, 11) is 0. The standard InChI is InChI=1S/C15H22FNO/c1-10(2)15(18)9-17-14-7-12(8-14)11-3-5-13(16)6-4-11/h3-6,10,12,14-15,17-18H,7-9H2,1-2H3. The highest BCUT2D eigenvalue weighted by molar-refractivity contribution is 5.23. The number of hydrogen-bond donors (Lipinski definition) is 2. The maximum absolute atomic E-state index is 12.8. The van der Waals surface area contributed by atoms with Crippen molar-refractivity contribution < 1.29 is 9.50 Å². The molecule has 100 valence electrons. The molecule has 1 aromatic rings. The predicted octanol–water partition coefficient (Wildman–Crippen LogP) is 2.68. The van der Waals surface area contributed by atoms with Gasteiger partial charge in [0, 0.05) is 12.6 Å². The Hall–Kier alpha value is -0.930. The molecule has 1 saturated carbocycles. The van der Waals surface area contributed by atoms with E-state index in [0.29, 0.717) is 24.4 Å². The molecule has 0 radical (unpaired) electrons. The van der Waals surface area contributed by atoms with Crippen molar-refractivity contribution in [3.05, 3.63) is 35.6 Å². The Labute approximate surface area is 108 Å². The van der Waals surface area contributed by atoms with E-state index in [-0.39, 0.29) is 11.9 Å². The van der Waals surface area contributed by atoms with E-state index >= 15 is 0 Å². The average Bonchev–Trinajstić information content (AvgIpc) is 2.28. The van der Waals surface area contributed by atoms with E-state index in [1.807, 2.05) is 26.0 Å². The summed E-state index contributed by atoms with van der Waals surface area (Å²) in [6.07, 6.45) is 1.89. The molecule has 1 atom stereocenters. The second-order valence-electron chi connectivity index (χ2n) is 5.64. The minimum Gasteiger partial charge on any atom is -0.392 e. The van der Waals surface area contributed by atoms with Gasteiger partial charge in [0.2, 0.25) is 0 Å². The zero-order valence-corrected chi connectivity index (χ0v) is 11.1. The molecule has 2 N–H and O–H groups in total. The third-order valence-corrected chi connectivity index (χ3v) is 3.86. The maximum atomic E-state index is 12.8. The third kappa shape index (κ3) is 3.30. The van der Waals surface area contributed by atoms with E-state index in [1.54, 1.807) is 0 Å². The number of nitrogens with one attached hydrogen (secondary N) is 1. The normalized spacial score (nSPS) is 24.9. The van der Waals surface area contributed by atoms with Gasteiger partial charge in [-0.05, 0) is 42.4 Å². The van der Waals surface area contributed by atoms with Crippen LogP contribution in [-0.4, -0.2) is 23.8 Å². The van der Waals surface area contributed by atoms with Crippen molar-refractivity contribution in [2.75, 3.05) is 6.54 Å². The van der Waals surface area contributed by atoms with Gasteiger partial charge in [0.1, 0.15) is 5.82 Å². The first-order chi connectivity index (χ1) is 8.56. The molecular weight excluding hydrogens is 229 g/mol. The van der Waals surface area contributed by atoms with E-state index in [2.05, 4.69) is 5.32 Å². The Bertz CT molecular complexity index is 371. The summed E-state index contributed by atoms with van der Waals surface area (Å²) >= 11 is 0. The summed E-state index contributed by atoms with van der Waals surface area (Å²) < 4.78 is 12.8. The number of benzene rings is 1. The van der Waals surface area contributed by atoms with Crippen molar-refractivity contribution in [2.24, 2.45) is 5.92 Å². The molecule has 1 aliphatic carbocycles. The summed E-state index contributed by atoms with van der Waals surface area (Å²) in [5.74, 6) is 0.664. The lowest BCUT2D eigenvalue weighted by atomic mass is 9.76. The van der Waals surface area contributed by atoms with E-state index in [0.717, 1.165) is 12.8 Å². The summed E-state index contributed by atoms with van der Waals surface area (Å²) in [6, 6.07) is 7.30. The minimum atomic E-state index is -0.269. The lowest BCUT2D eigenvalue weighted by molar-refractivity contribution is 0.112. The van der Waals surface area contributed by atoms with Crippen molar-refractivity contribution >= 4 is 0 Å². The minimum absolute atomic E-state index is 0.173. The summed E-state index contributed by atoms with van der Waals surface area (Å²) in [4.78, 5) is 0. The Balaban J connectivity index is 1.72. The van der Waals surface area contributed by atoms with Crippen LogP contribution in [0.25, 0.3) is 0 Å². The quantitative estimate of drug-likeness (QED) is 0.843. The molecular formula is C15H22FNO. The van der Waals surface area contributed by atoms with Crippen LogP contribution in [0, 0.1) is 11.7 Å². The fraction of sp³-hybridized carbons (Fsp3) is 0.600. The fourth-order valence-corrected chi connectivity index (χ4v) is 2.31. The Morgan fingerprint density at radius 1 is 1.28 bits per heavy atom. The molecule has 0 heterocycles. The van der Waals surface area contributed by atoms with Crippen LogP contribution in [0.3, 0.4) is 0 Å². The van der Waals surface area contributed by atoms with Gasteiger partial charge in [0.15, 0.2) is 0 Å². The lowest BCUT2D eigenvalue weighted by Gasteiger charge is -2.37. The van der Waals surface area contributed by atoms with Crippen LogP contribution < -0.4 is 5.32 Å². The zero-order chi connectivity index (χ0) is 13.1. The van der Waals surface area contributed by atoms with Crippen molar-refractivity contribution in [2.45, 2.75) is 44.8 Å². The molecule has 1 fully saturated rings. The van der Waals surface area contributed by atoms with Gasteiger partial charge in [0.05, 0.1) is 6.10 Å². The molecule has 0 aromatic heterocycles. The highest BCUT2D eigenvalue weighted by Gasteiger charge is 2.30. The molecule has 0 aliphatic heterocycles. The van der Waals surface area contributed by atoms with Crippen molar-refractivity contribution in [3.8, 4) is 0 Å². The van der Waals surface area contributed by atoms with E-state index in [1.165, 1.54) is 17.7 Å². The lowest BCUT2D eigenvalue weighted by Crippen LogP contribution is -2.44. The van der Waals surface area contributed by atoms with Crippen LogP contribution in [-0.2, 0) is 0 Å². The fourth-order valence-electron chi connectivity index (χ4n) is 2.31. The number of rotatable bonds is 5. The summed E-state index contributed by atoms with van der Waals surface area (Å²) in [5, 5.41) is 13.1. The second kappa shape index (κ2) is 5.81. The highest BCUT2D eigenvalue weighted by atomic mass is 19.1. The summed E-state index contributed by atoms with van der Waals surface area (Å²) in [5.41, 5.74) is 1.22. The number of hydrogen-bond acceptors (Lipinski definition) is 2. The van der Waals surface area contributed by atoms with Gasteiger partial charge >= 0.3 is 0 Å². The molecule has 1 aliphatic rings. The van der Waals surface area contributed by atoms with Gasteiger partial charge in [0.25, 0.3) is 0 Å². The zero-order valence-electron chi connectivity index (χ0n) is 11.1. The molecule has 2 nitrogen and oxygen atoms in total. The number of halogens is 1. The molecule has 0 amide bonds. The van der Waals surface area contributed by atoms with Crippen LogP contribution in [0.1, 0.15) is 38.2 Å². The first-order valence-electron chi connectivity index (χ1n) is 6.73. The SMILES string of the molecule is CC(C)C(O)CNC1CC(c2ccc(F)cc2)C1.